The summed E-state index contributed by atoms with van der Waals surface area (Å²) in [6.45, 7) is 0.256. The van der Waals surface area contributed by atoms with E-state index in [0.717, 1.165) is 6.26 Å². The van der Waals surface area contributed by atoms with Gasteiger partial charge in [0.15, 0.2) is 11.5 Å². The van der Waals surface area contributed by atoms with Crippen LogP contribution in [-0.2, 0) is 19.6 Å². The smallest absolute Gasteiger partial charge is 0.238 e. The van der Waals surface area contributed by atoms with Crippen molar-refractivity contribution < 1.29 is 27.5 Å². The van der Waals surface area contributed by atoms with Crippen LogP contribution in [0.3, 0.4) is 0 Å². The van der Waals surface area contributed by atoms with E-state index in [9.17, 15) is 18.0 Å². The molecule has 1 saturated heterocycles. The Hall–Kier alpha value is -2.29. The third-order valence-corrected chi connectivity index (χ3v) is 4.02. The van der Waals surface area contributed by atoms with Crippen LogP contribution in [0.15, 0.2) is 18.2 Å². The number of sulfonamides is 1. The van der Waals surface area contributed by atoms with Crippen molar-refractivity contribution in [2.45, 2.75) is 6.42 Å². The Kier molecular flexibility index (Phi) is 3.44. The van der Waals surface area contributed by atoms with E-state index in [0.29, 0.717) is 17.2 Å². The van der Waals surface area contributed by atoms with Gasteiger partial charge >= 0.3 is 0 Å². The maximum Gasteiger partial charge on any atom is 0.238 e. The Labute approximate surface area is 127 Å². The molecule has 2 amide bonds. The van der Waals surface area contributed by atoms with Crippen molar-refractivity contribution in [3.05, 3.63) is 18.2 Å². The topological polar surface area (TPSA) is 102 Å². The van der Waals surface area contributed by atoms with E-state index in [-0.39, 0.29) is 25.7 Å². The third kappa shape index (κ3) is 2.84. The van der Waals surface area contributed by atoms with Gasteiger partial charge in [0.1, 0.15) is 0 Å². The highest BCUT2D eigenvalue weighted by molar-refractivity contribution is 7.89. The molecule has 118 valence electrons. The summed E-state index contributed by atoms with van der Waals surface area (Å²) in [5.41, 5.74) is 0.587. The first-order valence-electron chi connectivity index (χ1n) is 6.55. The van der Waals surface area contributed by atoms with Crippen LogP contribution < -0.4 is 19.1 Å². The molecule has 3 rings (SSSR count). The minimum atomic E-state index is -3.63. The van der Waals surface area contributed by atoms with Gasteiger partial charge in [0, 0.05) is 24.7 Å². The Bertz CT molecular complexity index is 745. The van der Waals surface area contributed by atoms with Gasteiger partial charge in [0.25, 0.3) is 0 Å². The molecule has 1 aromatic rings. The van der Waals surface area contributed by atoms with Crippen molar-refractivity contribution in [3.63, 3.8) is 0 Å². The van der Waals surface area contributed by atoms with Gasteiger partial charge in [0.2, 0.25) is 28.6 Å². The van der Waals surface area contributed by atoms with Gasteiger partial charge in [-0.2, -0.15) is 0 Å². The van der Waals surface area contributed by atoms with Crippen LogP contribution >= 0.6 is 0 Å². The first-order chi connectivity index (χ1) is 10.3. The van der Waals surface area contributed by atoms with Crippen molar-refractivity contribution in [3.8, 4) is 11.5 Å². The molecule has 0 radical (unpaired) electrons. The number of amides is 2. The normalized spacial score (nSPS) is 20.3. The predicted octanol–water partition coefficient (Wildman–Crippen LogP) is -0.156. The van der Waals surface area contributed by atoms with Crippen molar-refractivity contribution in [1.29, 1.82) is 0 Å². The molecule has 0 aliphatic carbocycles. The fraction of sp³-hybridized carbons (Fsp3) is 0.385. The molecule has 0 aromatic heterocycles. The van der Waals surface area contributed by atoms with Gasteiger partial charge in [0.05, 0.1) is 12.2 Å². The van der Waals surface area contributed by atoms with Crippen LogP contribution in [0.1, 0.15) is 6.42 Å². The molecule has 0 unspecified atom stereocenters. The summed E-state index contributed by atoms with van der Waals surface area (Å²) < 4.78 is 34.6. The van der Waals surface area contributed by atoms with Crippen LogP contribution in [0.25, 0.3) is 0 Å². The molecule has 0 saturated carbocycles. The molecule has 0 spiro atoms. The molecule has 2 heterocycles. The number of fused-ring (bicyclic) bond motifs is 1. The maximum atomic E-state index is 12.1. The molecule has 1 atom stereocenters. The molecular weight excluding hydrogens is 312 g/mol. The number of nitrogens with zero attached hydrogens (tertiary/aromatic N) is 1. The van der Waals surface area contributed by atoms with Crippen LogP contribution in [0, 0.1) is 5.92 Å². The summed E-state index contributed by atoms with van der Waals surface area (Å²) >= 11 is 0. The standard InChI is InChI=1S/C13H14N2O6S/c1-22(18,19)14-13(17)8-4-12(16)15(6-8)9-2-3-10-11(5-9)21-7-20-10/h2-3,5,8H,4,6-7H2,1H3,(H,14,17)/t8-/m0/s1. The van der Waals surface area contributed by atoms with Crippen LogP contribution in [-0.4, -0.2) is 39.8 Å². The van der Waals surface area contributed by atoms with Gasteiger partial charge in [-0.3, -0.25) is 14.3 Å². The number of anilines is 1. The number of carbonyl (C=O) groups is 2. The Morgan fingerprint density at radius 1 is 1.32 bits per heavy atom. The molecule has 0 bridgehead atoms. The molecule has 8 nitrogen and oxygen atoms in total. The van der Waals surface area contributed by atoms with Gasteiger partial charge < -0.3 is 14.4 Å². The molecule has 22 heavy (non-hydrogen) atoms. The number of rotatable bonds is 3. The fourth-order valence-electron chi connectivity index (χ4n) is 2.45. The number of ether oxygens (including phenoxy) is 2. The third-order valence-electron chi connectivity index (χ3n) is 3.45. The van der Waals surface area contributed by atoms with E-state index < -0.39 is 21.8 Å². The average Bonchev–Trinajstić information content (AvgIpc) is 3.01. The fourth-order valence-corrected chi connectivity index (χ4v) is 2.98. The minimum Gasteiger partial charge on any atom is -0.454 e. The second kappa shape index (κ2) is 5.16. The Morgan fingerprint density at radius 3 is 2.77 bits per heavy atom. The lowest BCUT2D eigenvalue weighted by Crippen LogP contribution is -2.36. The second-order valence-corrected chi connectivity index (χ2v) is 6.93. The lowest BCUT2D eigenvalue weighted by atomic mass is 10.1. The summed E-state index contributed by atoms with van der Waals surface area (Å²) in [6, 6.07) is 5.05. The monoisotopic (exact) mass is 326 g/mol. The highest BCUT2D eigenvalue weighted by atomic mass is 32.2. The number of benzene rings is 1. The van der Waals surface area contributed by atoms with Crippen molar-refractivity contribution in [2.24, 2.45) is 5.92 Å². The molecule has 1 aromatic carbocycles. The van der Waals surface area contributed by atoms with E-state index in [1.807, 2.05) is 4.72 Å². The number of hydrogen-bond acceptors (Lipinski definition) is 6. The number of carbonyl (C=O) groups excluding carboxylic acids is 2. The van der Waals surface area contributed by atoms with Gasteiger partial charge in [-0.15, -0.1) is 0 Å². The number of nitrogens with one attached hydrogen (secondary N) is 1. The second-order valence-electron chi connectivity index (χ2n) is 5.18. The van der Waals surface area contributed by atoms with Crippen LogP contribution in [0.4, 0.5) is 5.69 Å². The molecule has 9 heteroatoms. The van der Waals surface area contributed by atoms with E-state index in [1.54, 1.807) is 18.2 Å². The summed E-state index contributed by atoms with van der Waals surface area (Å²) in [7, 11) is -3.63. The summed E-state index contributed by atoms with van der Waals surface area (Å²) in [4.78, 5) is 25.4. The van der Waals surface area contributed by atoms with Crippen molar-refractivity contribution in [1.82, 2.24) is 4.72 Å². The summed E-state index contributed by atoms with van der Waals surface area (Å²) in [5.74, 6) is -0.477. The van der Waals surface area contributed by atoms with Gasteiger partial charge in [-0.1, -0.05) is 0 Å². The average molecular weight is 326 g/mol. The Balaban J connectivity index is 1.76. The molecular formula is C13H14N2O6S. The van der Waals surface area contributed by atoms with Crippen LogP contribution in [0.5, 0.6) is 11.5 Å². The maximum absolute atomic E-state index is 12.1. The van der Waals surface area contributed by atoms with Crippen molar-refractivity contribution >= 4 is 27.5 Å². The van der Waals surface area contributed by atoms with Crippen LogP contribution in [0.2, 0.25) is 0 Å². The predicted molar refractivity (Wildman–Crippen MR) is 76.0 cm³/mol. The number of hydrogen-bond donors (Lipinski definition) is 1. The first-order valence-corrected chi connectivity index (χ1v) is 8.44. The van der Waals surface area contributed by atoms with Gasteiger partial charge in [-0.05, 0) is 12.1 Å². The molecule has 2 aliphatic rings. The summed E-state index contributed by atoms with van der Waals surface area (Å²) in [6.07, 6.45) is 0.868. The molecule has 1 N–H and O–H groups in total. The highest BCUT2D eigenvalue weighted by Crippen LogP contribution is 2.37. The zero-order valence-corrected chi connectivity index (χ0v) is 12.6. The van der Waals surface area contributed by atoms with E-state index in [2.05, 4.69) is 0 Å². The zero-order valence-electron chi connectivity index (χ0n) is 11.7. The quantitative estimate of drug-likeness (QED) is 0.828. The highest BCUT2D eigenvalue weighted by Gasteiger charge is 2.36. The minimum absolute atomic E-state index is 0.0319. The molecule has 2 aliphatic heterocycles. The largest absolute Gasteiger partial charge is 0.454 e. The van der Waals surface area contributed by atoms with Gasteiger partial charge in [-0.25, -0.2) is 8.42 Å². The Morgan fingerprint density at radius 2 is 2.05 bits per heavy atom. The lowest BCUT2D eigenvalue weighted by molar-refractivity contribution is -0.124. The van der Waals surface area contributed by atoms with Crippen molar-refractivity contribution in [2.75, 3.05) is 24.5 Å². The van der Waals surface area contributed by atoms with E-state index in [4.69, 9.17) is 9.47 Å². The first kappa shape index (κ1) is 14.6. The zero-order chi connectivity index (χ0) is 15.9. The van der Waals surface area contributed by atoms with E-state index in [1.165, 1.54) is 4.90 Å². The SMILES string of the molecule is CS(=O)(=O)NC(=O)[C@H]1CC(=O)N(c2ccc3c(c2)OCO3)C1. The molecule has 1 fully saturated rings. The lowest BCUT2D eigenvalue weighted by Gasteiger charge is -2.17. The van der Waals surface area contributed by atoms with E-state index >= 15 is 0 Å². The summed E-state index contributed by atoms with van der Waals surface area (Å²) in [5, 5.41) is 0.